The average Bonchev–Trinajstić information content (AvgIpc) is 2.70. The quantitative estimate of drug-likeness (QED) is 0.800. The van der Waals surface area contributed by atoms with Crippen LogP contribution in [0.3, 0.4) is 0 Å². The van der Waals surface area contributed by atoms with Crippen LogP contribution in [-0.4, -0.2) is 13.1 Å². The minimum absolute atomic E-state index is 0.638. The van der Waals surface area contributed by atoms with Crippen LogP contribution in [0.15, 0.2) is 16.6 Å². The molecule has 1 aromatic rings. The first-order chi connectivity index (χ1) is 8.10. The highest BCUT2D eigenvalue weighted by atomic mass is 79.9. The molecule has 0 unspecified atom stereocenters. The molecule has 0 amide bonds. The van der Waals surface area contributed by atoms with E-state index < -0.39 is 0 Å². The van der Waals surface area contributed by atoms with Gasteiger partial charge in [-0.1, -0.05) is 12.8 Å². The van der Waals surface area contributed by atoms with Crippen molar-refractivity contribution >= 4 is 27.3 Å². The van der Waals surface area contributed by atoms with Gasteiger partial charge in [0, 0.05) is 28.7 Å². The predicted molar refractivity (Wildman–Crippen MR) is 76.4 cm³/mol. The van der Waals surface area contributed by atoms with Crippen LogP contribution in [0.2, 0.25) is 0 Å². The topological polar surface area (TPSA) is 29.3 Å². The second kappa shape index (κ2) is 3.91. The van der Waals surface area contributed by atoms with Crippen molar-refractivity contribution in [2.75, 3.05) is 23.7 Å². The highest BCUT2D eigenvalue weighted by Gasteiger charge is 2.45. The van der Waals surface area contributed by atoms with Crippen molar-refractivity contribution in [3.63, 3.8) is 0 Å². The third-order valence-electron chi connectivity index (χ3n) is 4.39. The van der Waals surface area contributed by atoms with Gasteiger partial charge in [0.2, 0.25) is 0 Å². The van der Waals surface area contributed by atoms with E-state index in [1.165, 1.54) is 48.9 Å². The Morgan fingerprint density at radius 1 is 1.24 bits per heavy atom. The van der Waals surface area contributed by atoms with Gasteiger partial charge in [-0.2, -0.15) is 0 Å². The largest absolute Gasteiger partial charge is 0.398 e. The van der Waals surface area contributed by atoms with Crippen molar-refractivity contribution in [3.8, 4) is 0 Å². The van der Waals surface area contributed by atoms with Gasteiger partial charge in [-0.25, -0.2) is 0 Å². The average molecular weight is 295 g/mol. The highest BCUT2D eigenvalue weighted by Crippen LogP contribution is 2.48. The molecule has 0 atom stereocenters. The van der Waals surface area contributed by atoms with E-state index in [0.29, 0.717) is 5.41 Å². The minimum atomic E-state index is 0.638. The molecule has 3 rings (SSSR count). The molecule has 2 N–H and O–H groups in total. The molecule has 1 aromatic carbocycles. The van der Waals surface area contributed by atoms with Crippen LogP contribution in [0.25, 0.3) is 0 Å². The number of hydrogen-bond acceptors (Lipinski definition) is 2. The Morgan fingerprint density at radius 3 is 2.53 bits per heavy atom. The summed E-state index contributed by atoms with van der Waals surface area (Å²) in [5, 5.41) is 0. The van der Waals surface area contributed by atoms with Crippen molar-refractivity contribution in [1.82, 2.24) is 0 Å². The van der Waals surface area contributed by atoms with Crippen molar-refractivity contribution in [3.05, 3.63) is 22.2 Å². The molecule has 1 aliphatic carbocycles. The van der Waals surface area contributed by atoms with Crippen LogP contribution in [0.5, 0.6) is 0 Å². The summed E-state index contributed by atoms with van der Waals surface area (Å²) in [7, 11) is 0. The third-order valence-corrected chi connectivity index (χ3v) is 5.03. The van der Waals surface area contributed by atoms with Crippen LogP contribution in [0, 0.1) is 12.3 Å². The Hall–Kier alpha value is -0.700. The number of halogens is 1. The molecule has 1 saturated carbocycles. The van der Waals surface area contributed by atoms with Gasteiger partial charge in [0.1, 0.15) is 0 Å². The maximum Gasteiger partial charge on any atom is 0.0531 e. The van der Waals surface area contributed by atoms with E-state index in [1.807, 2.05) is 0 Å². The zero-order chi connectivity index (χ0) is 12.0. The number of rotatable bonds is 1. The molecule has 1 aliphatic heterocycles. The molecule has 17 heavy (non-hydrogen) atoms. The van der Waals surface area contributed by atoms with Gasteiger partial charge < -0.3 is 10.6 Å². The molecule has 2 nitrogen and oxygen atoms in total. The SMILES string of the molecule is Cc1cc(Br)c(N2CC3(CCCC3)C2)cc1N. The van der Waals surface area contributed by atoms with Crippen LogP contribution in [0.1, 0.15) is 31.2 Å². The summed E-state index contributed by atoms with van der Waals surface area (Å²) >= 11 is 3.66. The number of nitrogen functional groups attached to an aromatic ring is 1. The molecular formula is C14H19BrN2. The Bertz CT molecular complexity index is 442. The first-order valence-electron chi connectivity index (χ1n) is 6.40. The van der Waals surface area contributed by atoms with Crippen molar-refractivity contribution in [2.45, 2.75) is 32.6 Å². The molecule has 2 fully saturated rings. The number of hydrogen-bond donors (Lipinski definition) is 1. The van der Waals surface area contributed by atoms with Gasteiger partial charge >= 0.3 is 0 Å². The van der Waals surface area contributed by atoms with Crippen molar-refractivity contribution in [2.24, 2.45) is 5.41 Å². The number of anilines is 2. The normalized spacial score (nSPS) is 21.9. The van der Waals surface area contributed by atoms with E-state index in [-0.39, 0.29) is 0 Å². The first kappa shape index (κ1) is 11.4. The molecule has 0 radical (unpaired) electrons. The fraction of sp³-hybridized carbons (Fsp3) is 0.571. The molecule has 1 saturated heterocycles. The lowest BCUT2D eigenvalue weighted by atomic mass is 9.78. The Kier molecular flexibility index (Phi) is 2.62. The second-order valence-corrected chi connectivity index (χ2v) is 6.58. The fourth-order valence-electron chi connectivity index (χ4n) is 3.29. The van der Waals surface area contributed by atoms with Crippen LogP contribution >= 0.6 is 15.9 Å². The maximum absolute atomic E-state index is 6.00. The molecule has 1 heterocycles. The summed E-state index contributed by atoms with van der Waals surface area (Å²) in [6, 6.07) is 4.24. The fourth-order valence-corrected chi connectivity index (χ4v) is 4.00. The van der Waals surface area contributed by atoms with Gasteiger partial charge in [-0.15, -0.1) is 0 Å². The number of nitrogens with zero attached hydrogens (tertiary/aromatic N) is 1. The molecule has 0 bridgehead atoms. The minimum Gasteiger partial charge on any atom is -0.398 e. The van der Waals surface area contributed by atoms with E-state index >= 15 is 0 Å². The highest BCUT2D eigenvalue weighted by molar-refractivity contribution is 9.10. The summed E-state index contributed by atoms with van der Waals surface area (Å²) < 4.78 is 1.18. The molecule has 0 aromatic heterocycles. The Balaban J connectivity index is 1.80. The maximum atomic E-state index is 6.00. The first-order valence-corrected chi connectivity index (χ1v) is 7.20. The van der Waals surface area contributed by atoms with Crippen molar-refractivity contribution < 1.29 is 0 Å². The lowest BCUT2D eigenvalue weighted by molar-refractivity contribution is 0.222. The monoisotopic (exact) mass is 294 g/mol. The zero-order valence-electron chi connectivity index (χ0n) is 10.3. The van der Waals surface area contributed by atoms with Gasteiger partial charge in [0.25, 0.3) is 0 Å². The van der Waals surface area contributed by atoms with E-state index in [2.05, 4.69) is 39.9 Å². The predicted octanol–water partition coefficient (Wildman–Crippen LogP) is 3.72. The lowest BCUT2D eigenvalue weighted by Crippen LogP contribution is -2.55. The molecule has 92 valence electrons. The van der Waals surface area contributed by atoms with Crippen LogP contribution < -0.4 is 10.6 Å². The molecule has 2 aliphatic rings. The van der Waals surface area contributed by atoms with Gasteiger partial charge in [0.15, 0.2) is 0 Å². The van der Waals surface area contributed by atoms with E-state index in [1.54, 1.807) is 0 Å². The molecule has 1 spiro atoms. The lowest BCUT2D eigenvalue weighted by Gasteiger charge is -2.50. The number of benzene rings is 1. The van der Waals surface area contributed by atoms with E-state index in [4.69, 9.17) is 5.73 Å². The van der Waals surface area contributed by atoms with E-state index in [0.717, 1.165) is 11.3 Å². The molecular weight excluding hydrogens is 276 g/mol. The summed E-state index contributed by atoms with van der Waals surface area (Å²) in [5.41, 5.74) is 9.96. The smallest absolute Gasteiger partial charge is 0.0531 e. The zero-order valence-corrected chi connectivity index (χ0v) is 11.9. The Labute approximate surface area is 111 Å². The summed E-state index contributed by atoms with van der Waals surface area (Å²) in [6.45, 7) is 4.49. The number of aryl methyl sites for hydroxylation is 1. The van der Waals surface area contributed by atoms with Gasteiger partial charge in [-0.3, -0.25) is 0 Å². The van der Waals surface area contributed by atoms with Crippen LogP contribution in [0.4, 0.5) is 11.4 Å². The van der Waals surface area contributed by atoms with Gasteiger partial charge in [0.05, 0.1) is 5.69 Å². The van der Waals surface area contributed by atoms with Crippen molar-refractivity contribution in [1.29, 1.82) is 0 Å². The standard InChI is InChI=1S/C14H19BrN2/c1-10-6-11(15)13(7-12(10)16)17-8-14(9-17)4-2-3-5-14/h6-7H,2-5,8-9,16H2,1H3. The van der Waals surface area contributed by atoms with Gasteiger partial charge in [-0.05, 0) is 53.4 Å². The third kappa shape index (κ3) is 1.85. The summed E-state index contributed by atoms with van der Waals surface area (Å²) in [4.78, 5) is 2.46. The summed E-state index contributed by atoms with van der Waals surface area (Å²) in [5.74, 6) is 0. The van der Waals surface area contributed by atoms with Crippen LogP contribution in [-0.2, 0) is 0 Å². The van der Waals surface area contributed by atoms with E-state index in [9.17, 15) is 0 Å². The summed E-state index contributed by atoms with van der Waals surface area (Å²) in [6.07, 6.45) is 5.68. The second-order valence-electron chi connectivity index (χ2n) is 5.72. The number of nitrogens with two attached hydrogens (primary N) is 1. The molecule has 3 heteroatoms. The Morgan fingerprint density at radius 2 is 1.88 bits per heavy atom.